The summed E-state index contributed by atoms with van der Waals surface area (Å²) in [5.41, 5.74) is 4.25. The van der Waals surface area contributed by atoms with E-state index in [2.05, 4.69) is 45.7 Å². The lowest BCUT2D eigenvalue weighted by atomic mass is 10.2. The second-order valence-corrected chi connectivity index (χ2v) is 7.49. The van der Waals surface area contributed by atoms with Crippen LogP contribution < -0.4 is 0 Å². The minimum atomic E-state index is 0.813. The van der Waals surface area contributed by atoms with Crippen LogP contribution in [-0.4, -0.2) is 55.3 Å². The van der Waals surface area contributed by atoms with Crippen LogP contribution in [0, 0.1) is 6.92 Å². The predicted octanol–water partition coefficient (Wildman–Crippen LogP) is 2.90. The van der Waals surface area contributed by atoms with E-state index in [1.54, 1.807) is 0 Å². The number of benzene rings is 1. The van der Waals surface area contributed by atoms with Crippen molar-refractivity contribution in [1.82, 2.24) is 29.2 Å². The first-order valence-electron chi connectivity index (χ1n) is 9.84. The molecule has 0 atom stereocenters. The Morgan fingerprint density at radius 1 is 0.821 bits per heavy atom. The van der Waals surface area contributed by atoms with Crippen LogP contribution in [-0.2, 0) is 13.1 Å². The quantitative estimate of drug-likeness (QED) is 0.551. The van der Waals surface area contributed by atoms with Crippen LogP contribution in [0.5, 0.6) is 0 Å². The van der Waals surface area contributed by atoms with Gasteiger partial charge in [0.25, 0.3) is 0 Å². The molecule has 0 N–H and O–H groups in total. The van der Waals surface area contributed by atoms with E-state index in [1.165, 1.54) is 0 Å². The number of para-hydroxylation sites is 1. The van der Waals surface area contributed by atoms with Gasteiger partial charge in [0, 0.05) is 56.2 Å². The highest BCUT2D eigenvalue weighted by Crippen LogP contribution is 2.16. The number of hydrogen-bond donors (Lipinski definition) is 0. The average molecular weight is 372 g/mol. The number of aryl methyl sites for hydroxylation is 1. The molecule has 142 valence electrons. The maximum absolute atomic E-state index is 4.76. The summed E-state index contributed by atoms with van der Waals surface area (Å²) >= 11 is 0. The topological polar surface area (TPSA) is 49.6 Å². The zero-order valence-electron chi connectivity index (χ0n) is 16.1. The number of nitrogens with zero attached hydrogens (tertiary/aromatic N) is 6. The van der Waals surface area contributed by atoms with Crippen molar-refractivity contribution in [2.24, 2.45) is 0 Å². The molecule has 0 saturated carbocycles. The lowest BCUT2D eigenvalue weighted by molar-refractivity contribution is 0.119. The zero-order chi connectivity index (χ0) is 18.9. The van der Waals surface area contributed by atoms with Crippen molar-refractivity contribution in [3.63, 3.8) is 0 Å². The first kappa shape index (κ1) is 17.3. The lowest BCUT2D eigenvalue weighted by Crippen LogP contribution is -2.45. The molecule has 4 heterocycles. The monoisotopic (exact) mass is 372 g/mol. The Labute approximate surface area is 164 Å². The number of imidazole rings is 1. The molecule has 6 nitrogen and oxygen atoms in total. The van der Waals surface area contributed by atoms with Crippen molar-refractivity contribution in [1.29, 1.82) is 0 Å². The smallest absolute Gasteiger partial charge is 0.143 e. The maximum atomic E-state index is 4.76. The Bertz CT molecular complexity index is 1080. The largest absolute Gasteiger partial charge is 0.307 e. The average Bonchev–Trinajstić information content (AvgIpc) is 3.12. The first-order valence-corrected chi connectivity index (χ1v) is 9.84. The fourth-order valence-electron chi connectivity index (χ4n) is 3.96. The zero-order valence-corrected chi connectivity index (χ0v) is 16.1. The number of rotatable bonds is 4. The highest BCUT2D eigenvalue weighted by molar-refractivity contribution is 5.80. The van der Waals surface area contributed by atoms with E-state index >= 15 is 0 Å². The second-order valence-electron chi connectivity index (χ2n) is 7.49. The van der Waals surface area contributed by atoms with Crippen LogP contribution in [0.4, 0.5) is 0 Å². The molecule has 1 saturated heterocycles. The molecule has 4 aromatic rings. The number of hydrogen-bond acceptors (Lipinski definition) is 5. The third-order valence-electron chi connectivity index (χ3n) is 5.47. The van der Waals surface area contributed by atoms with Crippen molar-refractivity contribution < 1.29 is 0 Å². The Morgan fingerprint density at radius 2 is 1.57 bits per heavy atom. The highest BCUT2D eigenvalue weighted by Gasteiger charge is 2.19. The van der Waals surface area contributed by atoms with E-state index in [-0.39, 0.29) is 0 Å². The van der Waals surface area contributed by atoms with Crippen molar-refractivity contribution in [3.8, 4) is 0 Å². The fourth-order valence-corrected chi connectivity index (χ4v) is 3.96. The van der Waals surface area contributed by atoms with Gasteiger partial charge in [-0.05, 0) is 25.1 Å². The summed E-state index contributed by atoms with van der Waals surface area (Å²) in [5.74, 6) is 0.921. The van der Waals surface area contributed by atoms with Gasteiger partial charge in [-0.2, -0.15) is 0 Å². The molecule has 1 aromatic carbocycles. The van der Waals surface area contributed by atoms with E-state index in [9.17, 15) is 0 Å². The third-order valence-corrected chi connectivity index (χ3v) is 5.47. The van der Waals surface area contributed by atoms with Gasteiger partial charge in [-0.1, -0.05) is 24.3 Å². The number of piperazine rings is 1. The molecule has 0 radical (unpaired) electrons. The standard InChI is InChI=1S/C22H24N6/c1-17-19-6-2-3-7-20(19)25-21(23-17)16-27-12-10-26(11-13-27)14-18-15-28-9-5-4-8-22(28)24-18/h2-9,15H,10-14,16H2,1H3. The van der Waals surface area contributed by atoms with Gasteiger partial charge in [-0.25, -0.2) is 15.0 Å². The molecule has 1 aliphatic rings. The van der Waals surface area contributed by atoms with Gasteiger partial charge in [0.2, 0.25) is 0 Å². The third kappa shape index (κ3) is 3.48. The molecule has 28 heavy (non-hydrogen) atoms. The molecule has 0 aliphatic carbocycles. The number of fused-ring (bicyclic) bond motifs is 2. The molecule has 0 bridgehead atoms. The van der Waals surface area contributed by atoms with Crippen molar-refractivity contribution in [3.05, 3.63) is 72.1 Å². The summed E-state index contributed by atoms with van der Waals surface area (Å²) in [7, 11) is 0. The van der Waals surface area contributed by atoms with Crippen LogP contribution in [0.2, 0.25) is 0 Å². The van der Waals surface area contributed by atoms with Crippen LogP contribution in [0.1, 0.15) is 17.2 Å². The van der Waals surface area contributed by atoms with E-state index < -0.39 is 0 Å². The van der Waals surface area contributed by atoms with Gasteiger partial charge in [0.15, 0.2) is 0 Å². The SMILES string of the molecule is Cc1nc(CN2CCN(Cc3cn4ccccc4n3)CC2)nc2ccccc12. The van der Waals surface area contributed by atoms with Crippen LogP contribution in [0.15, 0.2) is 54.9 Å². The van der Waals surface area contributed by atoms with Crippen molar-refractivity contribution >= 4 is 16.6 Å². The van der Waals surface area contributed by atoms with E-state index in [1.807, 2.05) is 30.3 Å². The normalized spacial score (nSPS) is 16.2. The molecule has 0 unspecified atom stereocenters. The van der Waals surface area contributed by atoms with E-state index in [4.69, 9.17) is 15.0 Å². The van der Waals surface area contributed by atoms with Crippen LogP contribution in [0.25, 0.3) is 16.6 Å². The van der Waals surface area contributed by atoms with Gasteiger partial charge in [-0.3, -0.25) is 9.80 Å². The van der Waals surface area contributed by atoms with Crippen LogP contribution >= 0.6 is 0 Å². The molecular weight excluding hydrogens is 348 g/mol. The fraction of sp³-hybridized carbons (Fsp3) is 0.318. The lowest BCUT2D eigenvalue weighted by Gasteiger charge is -2.33. The predicted molar refractivity (Wildman–Crippen MR) is 110 cm³/mol. The Morgan fingerprint density at radius 3 is 2.39 bits per heavy atom. The maximum Gasteiger partial charge on any atom is 0.143 e. The number of aromatic nitrogens is 4. The van der Waals surface area contributed by atoms with E-state index in [0.29, 0.717) is 0 Å². The summed E-state index contributed by atoms with van der Waals surface area (Å²) in [6, 6.07) is 14.4. The Hall–Kier alpha value is -2.83. The molecule has 1 aliphatic heterocycles. The van der Waals surface area contributed by atoms with Gasteiger partial charge in [0.05, 0.1) is 17.8 Å². The minimum Gasteiger partial charge on any atom is -0.307 e. The first-order chi connectivity index (χ1) is 13.7. The summed E-state index contributed by atoms with van der Waals surface area (Å²) < 4.78 is 2.09. The van der Waals surface area contributed by atoms with Gasteiger partial charge >= 0.3 is 0 Å². The molecule has 0 amide bonds. The molecule has 0 spiro atoms. The van der Waals surface area contributed by atoms with E-state index in [0.717, 1.165) is 73.0 Å². The number of pyridine rings is 1. The Kier molecular flexibility index (Phi) is 4.50. The van der Waals surface area contributed by atoms with Crippen molar-refractivity contribution in [2.45, 2.75) is 20.0 Å². The molecule has 6 heteroatoms. The van der Waals surface area contributed by atoms with Gasteiger partial charge < -0.3 is 4.40 Å². The Balaban J connectivity index is 1.21. The second kappa shape index (κ2) is 7.30. The highest BCUT2D eigenvalue weighted by atomic mass is 15.3. The van der Waals surface area contributed by atoms with Gasteiger partial charge in [-0.15, -0.1) is 0 Å². The summed E-state index contributed by atoms with van der Waals surface area (Å²) in [6.45, 7) is 7.93. The summed E-state index contributed by atoms with van der Waals surface area (Å²) in [4.78, 5) is 19.1. The van der Waals surface area contributed by atoms with Crippen molar-refractivity contribution in [2.75, 3.05) is 26.2 Å². The molecular formula is C22H24N6. The van der Waals surface area contributed by atoms with Crippen LogP contribution in [0.3, 0.4) is 0 Å². The summed E-state index contributed by atoms with van der Waals surface area (Å²) in [6.07, 6.45) is 4.18. The minimum absolute atomic E-state index is 0.813. The molecule has 5 rings (SSSR count). The molecule has 1 fully saturated rings. The summed E-state index contributed by atoms with van der Waals surface area (Å²) in [5, 5.41) is 1.14. The molecule has 3 aromatic heterocycles. The van der Waals surface area contributed by atoms with Gasteiger partial charge in [0.1, 0.15) is 11.5 Å².